The van der Waals surface area contributed by atoms with Crippen LogP contribution in [-0.2, 0) is 4.74 Å². The molecular weight excluding hydrogens is 230 g/mol. The minimum atomic E-state index is -0.0259. The van der Waals surface area contributed by atoms with Gasteiger partial charge in [-0.3, -0.25) is 9.78 Å². The second-order valence-corrected chi connectivity index (χ2v) is 3.83. The summed E-state index contributed by atoms with van der Waals surface area (Å²) in [4.78, 5) is 18.1. The van der Waals surface area contributed by atoms with E-state index in [-0.39, 0.29) is 12.5 Å². The van der Waals surface area contributed by atoms with E-state index >= 15 is 0 Å². The maximum atomic E-state index is 12.3. The number of nitrogens with two attached hydrogens (primary N) is 1. The Labute approximate surface area is 106 Å². The predicted octanol–water partition coefficient (Wildman–Crippen LogP) is -0.136. The average molecular weight is 245 g/mol. The Hall–Kier alpha value is -1.90. The van der Waals surface area contributed by atoms with E-state index in [1.807, 2.05) is 0 Å². The van der Waals surface area contributed by atoms with Crippen molar-refractivity contribution in [3.05, 3.63) is 29.6 Å². The number of pyridine rings is 1. The lowest BCUT2D eigenvalue weighted by Gasteiger charge is -2.27. The van der Waals surface area contributed by atoms with Gasteiger partial charge in [-0.2, -0.15) is 0 Å². The molecule has 0 aromatic carbocycles. The van der Waals surface area contributed by atoms with Gasteiger partial charge in [-0.15, -0.1) is 0 Å². The number of hydrogen-bond acceptors (Lipinski definition) is 4. The number of amides is 1. The Morgan fingerprint density at radius 1 is 1.50 bits per heavy atom. The Balaban J connectivity index is 2.23. The highest BCUT2D eigenvalue weighted by atomic mass is 16.5. The van der Waals surface area contributed by atoms with Crippen molar-refractivity contribution >= 4 is 5.91 Å². The van der Waals surface area contributed by atoms with Gasteiger partial charge < -0.3 is 15.4 Å². The first-order chi connectivity index (χ1) is 8.83. The smallest absolute Gasteiger partial charge is 0.255 e. The zero-order valence-corrected chi connectivity index (χ0v) is 10.1. The van der Waals surface area contributed by atoms with Crippen LogP contribution in [0, 0.1) is 11.8 Å². The summed E-state index contributed by atoms with van der Waals surface area (Å²) >= 11 is 0. The molecule has 0 saturated carbocycles. The van der Waals surface area contributed by atoms with Crippen molar-refractivity contribution in [1.82, 2.24) is 9.88 Å². The van der Waals surface area contributed by atoms with Gasteiger partial charge >= 0.3 is 0 Å². The summed E-state index contributed by atoms with van der Waals surface area (Å²) in [5.74, 6) is 5.60. The largest absolute Gasteiger partial charge is 0.378 e. The van der Waals surface area contributed by atoms with E-state index < -0.39 is 0 Å². The molecule has 1 saturated heterocycles. The molecule has 94 valence electrons. The monoisotopic (exact) mass is 245 g/mol. The molecule has 5 heteroatoms. The van der Waals surface area contributed by atoms with Crippen molar-refractivity contribution in [3.63, 3.8) is 0 Å². The van der Waals surface area contributed by atoms with Crippen LogP contribution in [0.4, 0.5) is 0 Å². The molecule has 1 amide bonds. The van der Waals surface area contributed by atoms with Crippen molar-refractivity contribution in [2.24, 2.45) is 5.73 Å². The van der Waals surface area contributed by atoms with Crippen LogP contribution in [0.15, 0.2) is 18.5 Å². The van der Waals surface area contributed by atoms with Gasteiger partial charge in [-0.05, 0) is 6.07 Å². The lowest BCUT2D eigenvalue weighted by molar-refractivity contribution is 0.0302. The van der Waals surface area contributed by atoms with Gasteiger partial charge in [0.15, 0.2) is 0 Å². The van der Waals surface area contributed by atoms with Crippen molar-refractivity contribution in [1.29, 1.82) is 0 Å². The van der Waals surface area contributed by atoms with Crippen LogP contribution in [0.5, 0.6) is 0 Å². The fourth-order valence-corrected chi connectivity index (χ4v) is 1.76. The first kappa shape index (κ1) is 12.6. The maximum absolute atomic E-state index is 12.3. The third kappa shape index (κ3) is 2.86. The highest BCUT2D eigenvalue weighted by Gasteiger charge is 2.20. The third-order valence-electron chi connectivity index (χ3n) is 2.67. The molecule has 1 aromatic heterocycles. The average Bonchev–Trinajstić information content (AvgIpc) is 2.45. The van der Waals surface area contributed by atoms with E-state index in [1.54, 1.807) is 23.4 Å². The minimum absolute atomic E-state index is 0.0259. The molecule has 1 fully saturated rings. The number of rotatable bonds is 1. The number of carbonyl (C=O) groups is 1. The zero-order chi connectivity index (χ0) is 12.8. The predicted molar refractivity (Wildman–Crippen MR) is 66.9 cm³/mol. The first-order valence-corrected chi connectivity index (χ1v) is 5.83. The molecule has 0 atom stereocenters. The molecule has 0 radical (unpaired) electrons. The molecule has 2 rings (SSSR count). The van der Waals surface area contributed by atoms with E-state index in [0.29, 0.717) is 37.4 Å². The van der Waals surface area contributed by atoms with Gasteiger partial charge in [0, 0.05) is 25.5 Å². The third-order valence-corrected chi connectivity index (χ3v) is 2.67. The van der Waals surface area contributed by atoms with Crippen LogP contribution in [-0.4, -0.2) is 48.6 Å². The summed E-state index contributed by atoms with van der Waals surface area (Å²) in [5, 5.41) is 0. The molecule has 2 N–H and O–H groups in total. The van der Waals surface area contributed by atoms with Gasteiger partial charge in [-0.1, -0.05) is 11.8 Å². The number of morpholine rings is 1. The fraction of sp³-hybridized carbons (Fsp3) is 0.385. The lowest BCUT2D eigenvalue weighted by Crippen LogP contribution is -2.41. The number of ether oxygens (including phenoxy) is 1. The fourth-order valence-electron chi connectivity index (χ4n) is 1.76. The number of carbonyl (C=O) groups excluding carboxylic acids is 1. The topological polar surface area (TPSA) is 68.5 Å². The van der Waals surface area contributed by atoms with E-state index in [0.717, 1.165) is 0 Å². The molecule has 1 aromatic rings. The summed E-state index contributed by atoms with van der Waals surface area (Å²) in [6.07, 6.45) is 3.19. The summed E-state index contributed by atoms with van der Waals surface area (Å²) < 4.78 is 5.23. The minimum Gasteiger partial charge on any atom is -0.378 e. The quantitative estimate of drug-likeness (QED) is 0.699. The summed E-state index contributed by atoms with van der Waals surface area (Å²) in [6.45, 7) is 2.66. The molecule has 0 unspecified atom stereocenters. The highest BCUT2D eigenvalue weighted by molar-refractivity contribution is 5.96. The molecule has 1 aliphatic heterocycles. The summed E-state index contributed by atoms with van der Waals surface area (Å²) in [6, 6.07) is 1.69. The van der Waals surface area contributed by atoms with Crippen molar-refractivity contribution < 1.29 is 9.53 Å². The Kier molecular flexibility index (Phi) is 4.29. The Morgan fingerprint density at radius 2 is 2.28 bits per heavy atom. The Morgan fingerprint density at radius 3 is 3.00 bits per heavy atom. The molecule has 2 heterocycles. The number of nitrogens with zero attached hydrogens (tertiary/aromatic N) is 2. The van der Waals surface area contributed by atoms with Gasteiger partial charge in [0.2, 0.25) is 0 Å². The van der Waals surface area contributed by atoms with Gasteiger partial charge in [0.1, 0.15) is 0 Å². The van der Waals surface area contributed by atoms with Crippen LogP contribution in [0.3, 0.4) is 0 Å². The van der Waals surface area contributed by atoms with E-state index in [9.17, 15) is 4.79 Å². The van der Waals surface area contributed by atoms with E-state index in [1.165, 1.54) is 0 Å². The van der Waals surface area contributed by atoms with Crippen LogP contribution in [0.25, 0.3) is 0 Å². The molecule has 0 spiro atoms. The molecule has 18 heavy (non-hydrogen) atoms. The SMILES string of the molecule is NCC#Cc1cnccc1C(=O)N1CCOCC1. The Bertz CT molecular complexity index is 484. The second kappa shape index (κ2) is 6.15. The van der Waals surface area contributed by atoms with Crippen LogP contribution in [0.2, 0.25) is 0 Å². The summed E-state index contributed by atoms with van der Waals surface area (Å²) in [7, 11) is 0. The number of aromatic nitrogens is 1. The van der Waals surface area contributed by atoms with Crippen molar-refractivity contribution in [2.75, 3.05) is 32.8 Å². The zero-order valence-electron chi connectivity index (χ0n) is 10.1. The van der Waals surface area contributed by atoms with Crippen LogP contribution >= 0.6 is 0 Å². The van der Waals surface area contributed by atoms with Gasteiger partial charge in [0.25, 0.3) is 5.91 Å². The molecule has 1 aliphatic rings. The second-order valence-electron chi connectivity index (χ2n) is 3.83. The molecule has 5 nitrogen and oxygen atoms in total. The highest BCUT2D eigenvalue weighted by Crippen LogP contribution is 2.11. The van der Waals surface area contributed by atoms with Crippen LogP contribution < -0.4 is 5.73 Å². The van der Waals surface area contributed by atoms with Gasteiger partial charge in [0.05, 0.1) is 30.9 Å². The molecular formula is C13H15N3O2. The normalized spacial score (nSPS) is 14.8. The molecule has 0 aliphatic carbocycles. The molecule has 0 bridgehead atoms. The lowest BCUT2D eigenvalue weighted by atomic mass is 10.1. The van der Waals surface area contributed by atoms with E-state index in [4.69, 9.17) is 10.5 Å². The van der Waals surface area contributed by atoms with Crippen molar-refractivity contribution in [2.45, 2.75) is 0 Å². The van der Waals surface area contributed by atoms with Crippen molar-refractivity contribution in [3.8, 4) is 11.8 Å². The standard InChI is InChI=1S/C13H15N3O2/c14-4-1-2-11-10-15-5-3-12(11)13(17)16-6-8-18-9-7-16/h3,5,10H,4,6-9,14H2. The number of hydrogen-bond donors (Lipinski definition) is 1. The van der Waals surface area contributed by atoms with Gasteiger partial charge in [-0.25, -0.2) is 0 Å². The van der Waals surface area contributed by atoms with Crippen LogP contribution in [0.1, 0.15) is 15.9 Å². The maximum Gasteiger partial charge on any atom is 0.255 e. The summed E-state index contributed by atoms with van der Waals surface area (Å²) in [5.41, 5.74) is 6.54. The van der Waals surface area contributed by atoms with E-state index in [2.05, 4.69) is 16.8 Å². The first-order valence-electron chi connectivity index (χ1n) is 5.83.